The lowest BCUT2D eigenvalue weighted by Crippen LogP contribution is -2.08. The number of halogens is 3. The van der Waals surface area contributed by atoms with Crippen LogP contribution in [0.3, 0.4) is 0 Å². The molecule has 0 bridgehead atoms. The van der Waals surface area contributed by atoms with Gasteiger partial charge in [-0.15, -0.1) is 11.3 Å². The lowest BCUT2D eigenvalue weighted by molar-refractivity contribution is -0.136. The molecule has 0 spiro atoms. The van der Waals surface area contributed by atoms with Crippen LogP contribution in [0.4, 0.5) is 24.0 Å². The van der Waals surface area contributed by atoms with E-state index in [0.29, 0.717) is 0 Å². The molecule has 0 unspecified atom stereocenters. The molecule has 20 heavy (non-hydrogen) atoms. The first-order valence-electron chi connectivity index (χ1n) is 5.39. The van der Waals surface area contributed by atoms with Gasteiger partial charge in [0.05, 0.1) is 18.4 Å². The van der Waals surface area contributed by atoms with E-state index in [1.807, 2.05) is 0 Å². The molecule has 0 fully saturated rings. The number of esters is 1. The van der Waals surface area contributed by atoms with Crippen LogP contribution in [0.25, 0.3) is 0 Å². The van der Waals surface area contributed by atoms with Crippen molar-refractivity contribution in [1.82, 2.24) is 4.98 Å². The Bertz CT molecular complexity index is 625. The predicted molar refractivity (Wildman–Crippen MR) is 68.2 cm³/mol. The number of nitrogens with zero attached hydrogens (tertiary/aromatic N) is 1. The Kier molecular flexibility index (Phi) is 3.93. The zero-order valence-electron chi connectivity index (χ0n) is 10.2. The van der Waals surface area contributed by atoms with Crippen molar-refractivity contribution in [1.29, 1.82) is 0 Å². The summed E-state index contributed by atoms with van der Waals surface area (Å²) in [5.41, 5.74) is -0.870. The van der Waals surface area contributed by atoms with E-state index in [2.05, 4.69) is 15.0 Å². The van der Waals surface area contributed by atoms with Gasteiger partial charge >= 0.3 is 12.1 Å². The minimum Gasteiger partial charge on any atom is -0.464 e. The summed E-state index contributed by atoms with van der Waals surface area (Å²) < 4.78 is 42.9. The van der Waals surface area contributed by atoms with Crippen LogP contribution in [0.15, 0.2) is 29.6 Å². The minimum atomic E-state index is -4.47. The monoisotopic (exact) mass is 302 g/mol. The van der Waals surface area contributed by atoms with E-state index in [4.69, 9.17) is 0 Å². The van der Waals surface area contributed by atoms with Crippen LogP contribution in [-0.2, 0) is 10.9 Å². The smallest absolute Gasteiger partial charge is 0.418 e. The number of hydrogen-bond donors (Lipinski definition) is 1. The van der Waals surface area contributed by atoms with Crippen molar-refractivity contribution in [3.05, 3.63) is 40.9 Å². The van der Waals surface area contributed by atoms with E-state index in [0.717, 1.165) is 17.4 Å². The third kappa shape index (κ3) is 3.08. The second kappa shape index (κ2) is 5.49. The highest BCUT2D eigenvalue weighted by atomic mass is 32.1. The van der Waals surface area contributed by atoms with E-state index in [1.54, 1.807) is 0 Å². The van der Waals surface area contributed by atoms with Gasteiger partial charge in [0, 0.05) is 5.38 Å². The standard InChI is InChI=1S/C12H9F3N2O2S/c1-19-10(18)9-6-20-11(17-9)16-8-5-3-2-4-7(8)12(13,14)15/h2-6H,1H3,(H,16,17). The van der Waals surface area contributed by atoms with Crippen LogP contribution in [0.2, 0.25) is 0 Å². The number of alkyl halides is 3. The second-order valence-corrected chi connectivity index (χ2v) is 4.56. The summed E-state index contributed by atoms with van der Waals surface area (Å²) in [6.45, 7) is 0. The lowest BCUT2D eigenvalue weighted by Gasteiger charge is -2.12. The lowest BCUT2D eigenvalue weighted by atomic mass is 10.2. The molecule has 2 rings (SSSR count). The summed E-state index contributed by atoms with van der Waals surface area (Å²) >= 11 is 1.02. The Labute approximate surface area is 116 Å². The van der Waals surface area contributed by atoms with E-state index in [1.165, 1.54) is 30.7 Å². The van der Waals surface area contributed by atoms with Crippen molar-refractivity contribution in [2.45, 2.75) is 6.18 Å². The number of rotatable bonds is 3. The van der Waals surface area contributed by atoms with Gasteiger partial charge in [-0.1, -0.05) is 12.1 Å². The number of nitrogens with one attached hydrogen (secondary N) is 1. The Balaban J connectivity index is 2.27. The molecule has 0 amide bonds. The van der Waals surface area contributed by atoms with E-state index < -0.39 is 17.7 Å². The van der Waals surface area contributed by atoms with Gasteiger partial charge in [-0.3, -0.25) is 0 Å². The molecule has 1 aromatic carbocycles. The van der Waals surface area contributed by atoms with Crippen molar-refractivity contribution in [2.75, 3.05) is 12.4 Å². The maximum absolute atomic E-state index is 12.8. The van der Waals surface area contributed by atoms with Gasteiger partial charge in [0.1, 0.15) is 0 Å². The normalized spacial score (nSPS) is 11.2. The van der Waals surface area contributed by atoms with Gasteiger partial charge in [0.2, 0.25) is 0 Å². The average molecular weight is 302 g/mol. The van der Waals surface area contributed by atoms with Gasteiger partial charge in [0.25, 0.3) is 0 Å². The number of aromatic nitrogens is 1. The molecule has 0 saturated carbocycles. The zero-order chi connectivity index (χ0) is 14.8. The Hall–Kier alpha value is -2.09. The van der Waals surface area contributed by atoms with Crippen LogP contribution in [0, 0.1) is 0 Å². The van der Waals surface area contributed by atoms with Crippen molar-refractivity contribution in [3.8, 4) is 0 Å². The average Bonchev–Trinajstić information content (AvgIpc) is 2.86. The van der Waals surface area contributed by atoms with Gasteiger partial charge in [0.15, 0.2) is 10.8 Å². The van der Waals surface area contributed by atoms with Gasteiger partial charge in [-0.25, -0.2) is 9.78 Å². The highest BCUT2D eigenvalue weighted by Gasteiger charge is 2.33. The van der Waals surface area contributed by atoms with Crippen molar-refractivity contribution < 1.29 is 22.7 Å². The third-order valence-electron chi connectivity index (χ3n) is 2.37. The quantitative estimate of drug-likeness (QED) is 0.879. The molecule has 8 heteroatoms. The van der Waals surface area contributed by atoms with Crippen LogP contribution < -0.4 is 5.32 Å². The van der Waals surface area contributed by atoms with Crippen molar-refractivity contribution in [3.63, 3.8) is 0 Å². The summed E-state index contributed by atoms with van der Waals surface area (Å²) in [6, 6.07) is 5.04. The Morgan fingerprint density at radius 2 is 2.05 bits per heavy atom. The third-order valence-corrected chi connectivity index (χ3v) is 3.13. The number of thiazole rings is 1. The Morgan fingerprint density at radius 3 is 2.70 bits per heavy atom. The van der Waals surface area contributed by atoms with Crippen molar-refractivity contribution >= 4 is 28.1 Å². The van der Waals surface area contributed by atoms with Crippen LogP contribution >= 0.6 is 11.3 Å². The number of para-hydroxylation sites is 1. The highest BCUT2D eigenvalue weighted by molar-refractivity contribution is 7.14. The first-order chi connectivity index (χ1) is 9.41. The summed E-state index contributed by atoms with van der Waals surface area (Å²) in [7, 11) is 1.20. The summed E-state index contributed by atoms with van der Waals surface area (Å²) in [5, 5.41) is 4.15. The fraction of sp³-hybridized carbons (Fsp3) is 0.167. The number of methoxy groups -OCH3 is 1. The summed E-state index contributed by atoms with van der Waals surface area (Å²) in [6.07, 6.45) is -4.47. The topological polar surface area (TPSA) is 51.2 Å². The molecule has 0 atom stereocenters. The van der Waals surface area contributed by atoms with Crippen LogP contribution in [0.1, 0.15) is 16.1 Å². The summed E-state index contributed by atoms with van der Waals surface area (Å²) in [5.74, 6) is -0.640. The maximum Gasteiger partial charge on any atom is 0.418 e. The molecule has 2 aromatic rings. The fourth-order valence-corrected chi connectivity index (χ4v) is 2.18. The van der Waals surface area contributed by atoms with Gasteiger partial charge < -0.3 is 10.1 Å². The molecule has 1 N–H and O–H groups in total. The van der Waals surface area contributed by atoms with Crippen molar-refractivity contribution in [2.24, 2.45) is 0 Å². The van der Waals surface area contributed by atoms with E-state index >= 15 is 0 Å². The number of benzene rings is 1. The molecular weight excluding hydrogens is 293 g/mol. The maximum atomic E-state index is 12.8. The SMILES string of the molecule is COC(=O)c1csc(Nc2ccccc2C(F)(F)F)n1. The predicted octanol–water partition coefficient (Wildman–Crippen LogP) is 3.69. The zero-order valence-corrected chi connectivity index (χ0v) is 11.0. The van der Waals surface area contributed by atoms with Crippen LogP contribution in [-0.4, -0.2) is 18.1 Å². The number of ether oxygens (including phenoxy) is 1. The first kappa shape index (κ1) is 14.3. The molecule has 1 heterocycles. The number of hydrogen-bond acceptors (Lipinski definition) is 5. The Morgan fingerprint density at radius 1 is 1.35 bits per heavy atom. The molecule has 0 aliphatic heterocycles. The first-order valence-corrected chi connectivity index (χ1v) is 6.27. The molecule has 0 saturated heterocycles. The molecule has 0 aliphatic rings. The second-order valence-electron chi connectivity index (χ2n) is 3.70. The molecular formula is C12H9F3N2O2S. The number of carbonyl (C=O) groups excluding carboxylic acids is 1. The van der Waals surface area contributed by atoms with Crippen LogP contribution in [0.5, 0.6) is 0 Å². The molecule has 0 aliphatic carbocycles. The highest BCUT2D eigenvalue weighted by Crippen LogP contribution is 2.36. The van der Waals surface area contributed by atoms with E-state index in [-0.39, 0.29) is 16.5 Å². The molecule has 1 aromatic heterocycles. The molecule has 0 radical (unpaired) electrons. The molecule has 4 nitrogen and oxygen atoms in total. The largest absolute Gasteiger partial charge is 0.464 e. The molecule has 106 valence electrons. The summed E-state index contributed by atoms with van der Waals surface area (Å²) in [4.78, 5) is 15.1. The number of anilines is 2. The van der Waals surface area contributed by atoms with E-state index in [9.17, 15) is 18.0 Å². The number of carbonyl (C=O) groups is 1. The minimum absolute atomic E-state index is 0.0458. The van der Waals surface area contributed by atoms with Gasteiger partial charge in [-0.2, -0.15) is 13.2 Å². The fourth-order valence-electron chi connectivity index (χ4n) is 1.48. The van der Waals surface area contributed by atoms with Gasteiger partial charge in [-0.05, 0) is 12.1 Å².